The van der Waals surface area contributed by atoms with Gasteiger partial charge in [-0.2, -0.15) is 0 Å². The minimum atomic E-state index is -0.0145. The molecule has 0 spiro atoms. The summed E-state index contributed by atoms with van der Waals surface area (Å²) in [5, 5.41) is 3.45. The lowest BCUT2D eigenvalue weighted by Gasteiger charge is -2.09. The van der Waals surface area contributed by atoms with E-state index in [4.69, 9.17) is 0 Å². The fourth-order valence-electron chi connectivity index (χ4n) is 2.07. The van der Waals surface area contributed by atoms with Gasteiger partial charge in [-0.3, -0.25) is 4.79 Å². The van der Waals surface area contributed by atoms with E-state index in [1.807, 2.05) is 6.92 Å². The maximum Gasteiger partial charge on any atom is 0.253 e. The molecule has 0 saturated carbocycles. The number of hydrogen-bond acceptors (Lipinski definition) is 3. The number of aromatic nitrogens is 2. The molecule has 2 heterocycles. The minimum Gasteiger partial charge on any atom is -0.314 e. The number of rotatable bonds is 3. The lowest BCUT2D eigenvalue weighted by molar-refractivity contribution is 0.554. The molecule has 1 unspecified atom stereocenters. The largest absolute Gasteiger partial charge is 0.314 e. The van der Waals surface area contributed by atoms with E-state index >= 15 is 0 Å². The van der Waals surface area contributed by atoms with E-state index in [-0.39, 0.29) is 5.56 Å². The molecule has 82 valence electrons. The smallest absolute Gasteiger partial charge is 0.253 e. The summed E-state index contributed by atoms with van der Waals surface area (Å²) in [6.07, 6.45) is 5.99. The summed E-state index contributed by atoms with van der Waals surface area (Å²) in [4.78, 5) is 18.1. The van der Waals surface area contributed by atoms with Gasteiger partial charge in [-0.15, -0.1) is 0 Å². The van der Waals surface area contributed by atoms with E-state index in [0.717, 1.165) is 30.6 Å². The molecule has 2 N–H and O–H groups in total. The summed E-state index contributed by atoms with van der Waals surface area (Å²) in [6.45, 7) is 2.97. The molecule has 0 aliphatic carbocycles. The molecule has 1 fully saturated rings. The summed E-state index contributed by atoms with van der Waals surface area (Å²) >= 11 is 0. The Kier molecular flexibility index (Phi) is 3.16. The minimum absolute atomic E-state index is 0.0145. The normalized spacial score (nSPS) is 20.7. The second kappa shape index (κ2) is 4.57. The van der Waals surface area contributed by atoms with Crippen molar-refractivity contribution in [2.45, 2.75) is 38.6 Å². The molecule has 4 nitrogen and oxygen atoms in total. The van der Waals surface area contributed by atoms with Crippen molar-refractivity contribution < 1.29 is 0 Å². The third-order valence-corrected chi connectivity index (χ3v) is 3.08. The summed E-state index contributed by atoms with van der Waals surface area (Å²) in [6, 6.07) is 0.616. The van der Waals surface area contributed by atoms with Gasteiger partial charge >= 0.3 is 0 Å². The van der Waals surface area contributed by atoms with Crippen LogP contribution in [-0.2, 0) is 6.42 Å². The first-order valence-electron chi connectivity index (χ1n) is 5.54. The average Bonchev–Trinajstić information content (AvgIpc) is 2.73. The van der Waals surface area contributed by atoms with Crippen molar-refractivity contribution in [3.8, 4) is 0 Å². The van der Waals surface area contributed by atoms with E-state index < -0.39 is 0 Å². The lowest BCUT2D eigenvalue weighted by atomic mass is 10.1. The van der Waals surface area contributed by atoms with Crippen LogP contribution in [0.15, 0.2) is 11.1 Å². The summed E-state index contributed by atoms with van der Waals surface area (Å²) in [5.41, 5.74) is 1.68. The van der Waals surface area contributed by atoms with Gasteiger partial charge in [0.25, 0.3) is 5.56 Å². The van der Waals surface area contributed by atoms with Gasteiger partial charge in [0.2, 0.25) is 0 Å². The van der Waals surface area contributed by atoms with Crippen LogP contribution in [0.5, 0.6) is 0 Å². The Labute approximate surface area is 89.1 Å². The molecule has 1 aliphatic rings. The molecule has 0 bridgehead atoms. The van der Waals surface area contributed by atoms with Gasteiger partial charge in [0.15, 0.2) is 0 Å². The van der Waals surface area contributed by atoms with Gasteiger partial charge in [0.1, 0.15) is 0 Å². The molecule has 4 heteroatoms. The van der Waals surface area contributed by atoms with Crippen LogP contribution in [0, 0.1) is 6.92 Å². The third kappa shape index (κ3) is 2.45. The number of nitrogens with zero attached hydrogens (tertiary/aromatic N) is 1. The highest BCUT2D eigenvalue weighted by molar-refractivity contribution is 5.14. The van der Waals surface area contributed by atoms with Crippen molar-refractivity contribution in [1.82, 2.24) is 15.3 Å². The van der Waals surface area contributed by atoms with Crippen molar-refractivity contribution >= 4 is 0 Å². The molecule has 0 radical (unpaired) electrons. The highest BCUT2D eigenvalue weighted by Gasteiger charge is 2.14. The first-order chi connectivity index (χ1) is 7.27. The molecule has 15 heavy (non-hydrogen) atoms. The monoisotopic (exact) mass is 207 g/mol. The van der Waals surface area contributed by atoms with Gasteiger partial charge in [-0.25, -0.2) is 4.98 Å². The van der Waals surface area contributed by atoms with Crippen LogP contribution in [0.4, 0.5) is 0 Å². The number of aromatic amines is 1. The average molecular weight is 207 g/mol. The van der Waals surface area contributed by atoms with E-state index in [9.17, 15) is 4.79 Å². The zero-order valence-electron chi connectivity index (χ0n) is 9.05. The summed E-state index contributed by atoms with van der Waals surface area (Å²) in [5.74, 6) is 0. The predicted octanol–water partition coefficient (Wildman–Crippen LogP) is 0.763. The van der Waals surface area contributed by atoms with Crippen LogP contribution in [0.2, 0.25) is 0 Å². The number of hydrogen-bond donors (Lipinski definition) is 2. The zero-order chi connectivity index (χ0) is 10.7. The Morgan fingerprint density at radius 3 is 3.20 bits per heavy atom. The van der Waals surface area contributed by atoms with Crippen LogP contribution in [0.3, 0.4) is 0 Å². The molecule has 1 atom stereocenters. The number of H-pyrrole nitrogens is 1. The number of aryl methyl sites for hydroxylation is 1. The molecule has 1 aromatic rings. The van der Waals surface area contributed by atoms with Gasteiger partial charge in [-0.05, 0) is 39.2 Å². The van der Waals surface area contributed by atoms with Gasteiger partial charge in [0.05, 0.1) is 12.0 Å². The first-order valence-corrected chi connectivity index (χ1v) is 5.54. The van der Waals surface area contributed by atoms with Crippen LogP contribution in [0.1, 0.15) is 30.5 Å². The van der Waals surface area contributed by atoms with Crippen LogP contribution in [0.25, 0.3) is 0 Å². The molecule has 1 aliphatic heterocycles. The Morgan fingerprint density at radius 1 is 1.60 bits per heavy atom. The van der Waals surface area contributed by atoms with Crippen molar-refractivity contribution in [2.75, 3.05) is 6.54 Å². The maximum absolute atomic E-state index is 11.3. The maximum atomic E-state index is 11.3. The van der Waals surface area contributed by atoms with Crippen molar-refractivity contribution in [2.24, 2.45) is 0 Å². The number of nitrogens with one attached hydrogen (secondary N) is 2. The molecule has 0 aromatic carbocycles. The van der Waals surface area contributed by atoms with Crippen LogP contribution in [-0.4, -0.2) is 22.6 Å². The Hall–Kier alpha value is -1.16. The van der Waals surface area contributed by atoms with E-state index in [1.54, 1.807) is 0 Å². The highest BCUT2D eigenvalue weighted by Crippen LogP contribution is 2.12. The molecule has 2 rings (SSSR count). The summed E-state index contributed by atoms with van der Waals surface area (Å²) in [7, 11) is 0. The van der Waals surface area contributed by atoms with Crippen LogP contribution < -0.4 is 10.9 Å². The van der Waals surface area contributed by atoms with E-state index in [1.165, 1.54) is 19.2 Å². The van der Waals surface area contributed by atoms with Crippen LogP contribution >= 0.6 is 0 Å². The predicted molar refractivity (Wildman–Crippen MR) is 58.9 cm³/mol. The molecular weight excluding hydrogens is 190 g/mol. The van der Waals surface area contributed by atoms with Crippen molar-refractivity contribution in [3.63, 3.8) is 0 Å². The van der Waals surface area contributed by atoms with Gasteiger partial charge in [-0.1, -0.05) is 0 Å². The lowest BCUT2D eigenvalue weighted by Crippen LogP contribution is -2.23. The molecular formula is C11H17N3O. The highest BCUT2D eigenvalue weighted by atomic mass is 16.1. The SMILES string of the molecule is Cc1c(CCC2CCCN2)nc[nH]c1=O. The fourth-order valence-corrected chi connectivity index (χ4v) is 2.07. The molecule has 1 saturated heterocycles. The second-order valence-electron chi connectivity index (χ2n) is 4.14. The Balaban J connectivity index is 1.98. The Morgan fingerprint density at radius 2 is 2.47 bits per heavy atom. The van der Waals surface area contributed by atoms with Gasteiger partial charge in [0, 0.05) is 11.6 Å². The summed E-state index contributed by atoms with van der Waals surface area (Å²) < 4.78 is 0. The van der Waals surface area contributed by atoms with E-state index in [2.05, 4.69) is 15.3 Å². The second-order valence-corrected chi connectivity index (χ2v) is 4.14. The third-order valence-electron chi connectivity index (χ3n) is 3.08. The Bertz CT molecular complexity index is 380. The van der Waals surface area contributed by atoms with Crippen molar-refractivity contribution in [3.05, 3.63) is 27.9 Å². The molecule has 0 amide bonds. The fraction of sp³-hybridized carbons (Fsp3) is 0.636. The quantitative estimate of drug-likeness (QED) is 0.769. The van der Waals surface area contributed by atoms with E-state index in [0.29, 0.717) is 6.04 Å². The van der Waals surface area contributed by atoms with Gasteiger partial charge < -0.3 is 10.3 Å². The topological polar surface area (TPSA) is 57.8 Å². The molecule has 1 aromatic heterocycles. The standard InChI is InChI=1S/C11H17N3O/c1-8-10(13-7-14-11(8)15)5-4-9-3-2-6-12-9/h7,9,12H,2-6H2,1H3,(H,13,14,15). The zero-order valence-corrected chi connectivity index (χ0v) is 9.05. The van der Waals surface area contributed by atoms with Crippen molar-refractivity contribution in [1.29, 1.82) is 0 Å². The first kappa shape index (κ1) is 10.4.